The fourth-order valence-electron chi connectivity index (χ4n) is 2.95. The first kappa shape index (κ1) is 18.4. The molecule has 26 heavy (non-hydrogen) atoms. The largest absolute Gasteiger partial charge is 0.389 e. The van der Waals surface area contributed by atoms with Crippen molar-refractivity contribution in [1.29, 1.82) is 0 Å². The van der Waals surface area contributed by atoms with Crippen LogP contribution in [0.4, 0.5) is 18.9 Å². The summed E-state index contributed by atoms with van der Waals surface area (Å²) < 4.78 is 39.1. The van der Waals surface area contributed by atoms with E-state index in [2.05, 4.69) is 20.9 Å². The maximum atomic E-state index is 12.5. The molecule has 1 amide bonds. The number of aryl methyl sites for hydroxylation is 1. The second-order valence-electron chi connectivity index (χ2n) is 6.29. The number of rotatable bonds is 5. The van der Waals surface area contributed by atoms with E-state index in [0.717, 1.165) is 25.9 Å². The number of benzene rings is 1. The maximum absolute atomic E-state index is 12.5. The van der Waals surface area contributed by atoms with Gasteiger partial charge in [0.2, 0.25) is 0 Å². The molecule has 0 unspecified atom stereocenters. The van der Waals surface area contributed by atoms with Crippen molar-refractivity contribution < 1.29 is 18.0 Å². The minimum Gasteiger partial charge on any atom is -0.320 e. The molecular weight excluding hydrogens is 347 g/mol. The van der Waals surface area contributed by atoms with E-state index in [9.17, 15) is 18.0 Å². The molecule has 9 heteroatoms. The van der Waals surface area contributed by atoms with Gasteiger partial charge in [0.1, 0.15) is 0 Å². The van der Waals surface area contributed by atoms with Gasteiger partial charge in [-0.3, -0.25) is 4.79 Å². The summed E-state index contributed by atoms with van der Waals surface area (Å²) in [7, 11) is 0. The van der Waals surface area contributed by atoms with Crippen LogP contribution in [-0.4, -0.2) is 40.2 Å². The minimum absolute atomic E-state index is 0.147. The first-order valence-corrected chi connectivity index (χ1v) is 8.51. The Morgan fingerprint density at radius 2 is 2.00 bits per heavy atom. The predicted octanol–water partition coefficient (Wildman–Crippen LogP) is 2.95. The number of aromatic nitrogens is 3. The van der Waals surface area contributed by atoms with Crippen molar-refractivity contribution in [1.82, 2.24) is 20.3 Å². The van der Waals surface area contributed by atoms with E-state index in [1.54, 1.807) is 35.1 Å². The van der Waals surface area contributed by atoms with Crippen molar-refractivity contribution in [2.75, 3.05) is 18.4 Å². The first-order valence-electron chi connectivity index (χ1n) is 8.51. The Labute approximate surface area is 148 Å². The smallest absolute Gasteiger partial charge is 0.320 e. The SMILES string of the molecule is O=C(Nc1ccccc1CCC(F)(F)F)c1cn(C2CCNCC2)nn1. The summed E-state index contributed by atoms with van der Waals surface area (Å²) in [4.78, 5) is 12.4. The molecule has 1 aliphatic rings. The summed E-state index contributed by atoms with van der Waals surface area (Å²) in [6.07, 6.45) is -1.97. The minimum atomic E-state index is -4.24. The quantitative estimate of drug-likeness (QED) is 0.852. The number of para-hydroxylation sites is 1. The molecule has 0 atom stereocenters. The van der Waals surface area contributed by atoms with Gasteiger partial charge >= 0.3 is 6.18 Å². The van der Waals surface area contributed by atoms with Crippen LogP contribution in [0.3, 0.4) is 0 Å². The Hall–Kier alpha value is -2.42. The lowest BCUT2D eigenvalue weighted by Crippen LogP contribution is -2.29. The first-order chi connectivity index (χ1) is 12.4. The number of carbonyl (C=O) groups is 1. The van der Waals surface area contributed by atoms with Gasteiger partial charge in [-0.05, 0) is 44.0 Å². The van der Waals surface area contributed by atoms with Crippen molar-refractivity contribution in [3.63, 3.8) is 0 Å². The third kappa shape index (κ3) is 4.81. The maximum Gasteiger partial charge on any atom is 0.389 e. The van der Waals surface area contributed by atoms with Crippen LogP contribution in [-0.2, 0) is 6.42 Å². The zero-order valence-corrected chi connectivity index (χ0v) is 14.1. The Kier molecular flexibility index (Phi) is 5.55. The van der Waals surface area contributed by atoms with E-state index in [1.165, 1.54) is 0 Å². The lowest BCUT2D eigenvalue weighted by atomic mass is 10.1. The molecule has 0 aliphatic carbocycles. The number of carbonyl (C=O) groups excluding carboxylic acids is 1. The molecule has 1 aliphatic heterocycles. The van der Waals surface area contributed by atoms with Gasteiger partial charge in [0.15, 0.2) is 5.69 Å². The fraction of sp³-hybridized carbons (Fsp3) is 0.471. The van der Waals surface area contributed by atoms with E-state index in [1.807, 2.05) is 0 Å². The predicted molar refractivity (Wildman–Crippen MR) is 89.9 cm³/mol. The number of halogens is 3. The highest BCUT2D eigenvalue weighted by atomic mass is 19.4. The van der Waals surface area contributed by atoms with E-state index < -0.39 is 18.5 Å². The van der Waals surface area contributed by atoms with Gasteiger partial charge in [-0.1, -0.05) is 23.4 Å². The van der Waals surface area contributed by atoms with Crippen LogP contribution in [0.1, 0.15) is 41.4 Å². The van der Waals surface area contributed by atoms with Gasteiger partial charge in [0, 0.05) is 12.1 Å². The van der Waals surface area contributed by atoms with E-state index >= 15 is 0 Å². The fourth-order valence-corrected chi connectivity index (χ4v) is 2.95. The molecule has 2 aromatic rings. The number of nitrogens with zero attached hydrogens (tertiary/aromatic N) is 3. The van der Waals surface area contributed by atoms with E-state index in [-0.39, 0.29) is 18.2 Å². The number of hydrogen-bond donors (Lipinski definition) is 2. The molecule has 140 valence electrons. The molecule has 1 saturated heterocycles. The summed E-state index contributed by atoms with van der Waals surface area (Å²) in [6, 6.07) is 6.67. The number of hydrogen-bond acceptors (Lipinski definition) is 4. The third-order valence-corrected chi connectivity index (χ3v) is 4.37. The van der Waals surface area contributed by atoms with Crippen molar-refractivity contribution in [2.24, 2.45) is 0 Å². The van der Waals surface area contributed by atoms with Crippen molar-refractivity contribution in [2.45, 2.75) is 37.9 Å². The molecule has 3 rings (SSSR count). The van der Waals surface area contributed by atoms with Crippen LogP contribution in [0.5, 0.6) is 0 Å². The molecule has 2 heterocycles. The number of nitrogens with one attached hydrogen (secondary N) is 2. The zero-order valence-electron chi connectivity index (χ0n) is 14.1. The molecule has 2 N–H and O–H groups in total. The van der Waals surface area contributed by atoms with Crippen LogP contribution in [0, 0.1) is 0 Å². The molecule has 1 aromatic carbocycles. The number of piperidine rings is 1. The molecule has 0 radical (unpaired) electrons. The number of alkyl halides is 3. The lowest BCUT2D eigenvalue weighted by Gasteiger charge is -2.22. The summed E-state index contributed by atoms with van der Waals surface area (Å²) in [5.74, 6) is -0.482. The van der Waals surface area contributed by atoms with Crippen LogP contribution in [0.2, 0.25) is 0 Å². The average Bonchev–Trinajstić information content (AvgIpc) is 3.11. The van der Waals surface area contributed by atoms with Gasteiger partial charge < -0.3 is 10.6 Å². The van der Waals surface area contributed by atoms with Gasteiger partial charge in [0.05, 0.1) is 12.2 Å². The zero-order chi connectivity index (χ0) is 18.6. The van der Waals surface area contributed by atoms with Crippen LogP contribution in [0.15, 0.2) is 30.5 Å². The third-order valence-electron chi connectivity index (χ3n) is 4.37. The van der Waals surface area contributed by atoms with Gasteiger partial charge in [-0.15, -0.1) is 5.10 Å². The molecule has 6 nitrogen and oxygen atoms in total. The van der Waals surface area contributed by atoms with Crippen LogP contribution >= 0.6 is 0 Å². The average molecular weight is 367 g/mol. The van der Waals surface area contributed by atoms with E-state index in [4.69, 9.17) is 0 Å². The Morgan fingerprint density at radius 3 is 2.73 bits per heavy atom. The summed E-state index contributed by atoms with van der Waals surface area (Å²) in [5, 5.41) is 13.8. The normalized spacial score (nSPS) is 15.8. The molecule has 1 fully saturated rings. The van der Waals surface area contributed by atoms with Gasteiger partial charge in [-0.2, -0.15) is 13.2 Å². The Balaban J connectivity index is 1.67. The van der Waals surface area contributed by atoms with Crippen molar-refractivity contribution in [3.05, 3.63) is 41.7 Å². The van der Waals surface area contributed by atoms with Gasteiger partial charge in [0.25, 0.3) is 5.91 Å². The van der Waals surface area contributed by atoms with Crippen molar-refractivity contribution in [3.8, 4) is 0 Å². The molecular formula is C17H20F3N5O. The molecule has 0 spiro atoms. The number of anilines is 1. The number of amides is 1. The summed E-state index contributed by atoms with van der Waals surface area (Å²) in [5.41, 5.74) is 0.941. The highest BCUT2D eigenvalue weighted by molar-refractivity contribution is 6.03. The van der Waals surface area contributed by atoms with Crippen LogP contribution in [0.25, 0.3) is 0 Å². The van der Waals surface area contributed by atoms with E-state index in [0.29, 0.717) is 11.3 Å². The van der Waals surface area contributed by atoms with Crippen molar-refractivity contribution >= 4 is 11.6 Å². The summed E-state index contributed by atoms with van der Waals surface area (Å²) >= 11 is 0. The summed E-state index contributed by atoms with van der Waals surface area (Å²) in [6.45, 7) is 1.78. The lowest BCUT2D eigenvalue weighted by molar-refractivity contribution is -0.133. The second kappa shape index (κ2) is 7.86. The monoisotopic (exact) mass is 367 g/mol. The molecule has 0 saturated carbocycles. The Bertz CT molecular complexity index is 753. The molecule has 1 aromatic heterocycles. The Morgan fingerprint density at radius 1 is 1.27 bits per heavy atom. The molecule has 0 bridgehead atoms. The van der Waals surface area contributed by atoms with Gasteiger partial charge in [-0.25, -0.2) is 4.68 Å². The highest BCUT2D eigenvalue weighted by Gasteiger charge is 2.27. The standard InChI is InChI=1S/C17H20F3N5O/c18-17(19,20)8-5-12-3-1-2-4-14(12)22-16(26)15-11-25(24-23-15)13-6-9-21-10-7-13/h1-4,11,13,21H,5-10H2,(H,22,26). The topological polar surface area (TPSA) is 71.8 Å². The van der Waals surface area contributed by atoms with Crippen LogP contribution < -0.4 is 10.6 Å². The second-order valence-corrected chi connectivity index (χ2v) is 6.29. The highest BCUT2D eigenvalue weighted by Crippen LogP contribution is 2.25.